The Labute approximate surface area is 118 Å². The molecule has 1 saturated heterocycles. The maximum atomic E-state index is 3.43. The molecule has 1 N–H and O–H groups in total. The number of likely N-dealkylation sites (tertiary alicyclic amines) is 1. The van der Waals surface area contributed by atoms with Crippen LogP contribution in [0.25, 0.3) is 0 Å². The highest BCUT2D eigenvalue weighted by molar-refractivity contribution is 5.22. The van der Waals surface area contributed by atoms with Crippen LogP contribution in [0.1, 0.15) is 44.2 Å². The molecule has 0 radical (unpaired) electrons. The van der Waals surface area contributed by atoms with Gasteiger partial charge in [-0.15, -0.1) is 0 Å². The van der Waals surface area contributed by atoms with Gasteiger partial charge in [0.15, 0.2) is 0 Å². The van der Waals surface area contributed by atoms with Crippen LogP contribution >= 0.6 is 0 Å². The lowest BCUT2D eigenvalue weighted by atomic mass is 9.95. The van der Waals surface area contributed by atoms with Crippen molar-refractivity contribution in [3.05, 3.63) is 35.4 Å². The van der Waals surface area contributed by atoms with Crippen molar-refractivity contribution < 1.29 is 0 Å². The molecule has 2 atom stereocenters. The zero-order chi connectivity index (χ0) is 13.7. The molecule has 106 valence electrons. The molecule has 1 fully saturated rings. The van der Waals surface area contributed by atoms with Crippen molar-refractivity contribution in [2.45, 2.75) is 58.2 Å². The Bertz CT molecular complexity index is 371. The molecule has 19 heavy (non-hydrogen) atoms. The van der Waals surface area contributed by atoms with Crippen molar-refractivity contribution in [3.63, 3.8) is 0 Å². The highest BCUT2D eigenvalue weighted by Gasteiger charge is 2.26. The standard InChI is InChI=1S/C17H28N2/c1-4-15-8-10-16(11-9-15)13-19-12-6-5-7-17(19)14(2)18-3/h8-11,14,17-18H,4-7,12-13H2,1-3H3. The van der Waals surface area contributed by atoms with Gasteiger partial charge < -0.3 is 5.32 Å². The van der Waals surface area contributed by atoms with Crippen molar-refractivity contribution in [1.29, 1.82) is 0 Å². The fourth-order valence-electron chi connectivity index (χ4n) is 3.09. The molecule has 1 heterocycles. The monoisotopic (exact) mass is 260 g/mol. The van der Waals surface area contributed by atoms with Gasteiger partial charge in [-0.05, 0) is 50.9 Å². The first-order chi connectivity index (χ1) is 9.24. The summed E-state index contributed by atoms with van der Waals surface area (Å²) in [5, 5.41) is 3.43. The molecule has 0 saturated carbocycles. The zero-order valence-electron chi connectivity index (χ0n) is 12.7. The van der Waals surface area contributed by atoms with Crippen LogP contribution in [-0.4, -0.2) is 30.6 Å². The van der Waals surface area contributed by atoms with Crippen molar-refractivity contribution in [2.24, 2.45) is 0 Å². The summed E-state index contributed by atoms with van der Waals surface area (Å²) < 4.78 is 0. The van der Waals surface area contributed by atoms with Gasteiger partial charge in [0.1, 0.15) is 0 Å². The van der Waals surface area contributed by atoms with Gasteiger partial charge in [-0.25, -0.2) is 0 Å². The molecule has 1 aromatic rings. The van der Waals surface area contributed by atoms with Gasteiger partial charge in [0.25, 0.3) is 0 Å². The second-order valence-electron chi connectivity index (χ2n) is 5.78. The molecule has 2 rings (SSSR count). The molecule has 0 bridgehead atoms. The highest BCUT2D eigenvalue weighted by Crippen LogP contribution is 2.22. The molecule has 1 aliphatic heterocycles. The highest BCUT2D eigenvalue weighted by atomic mass is 15.2. The number of aryl methyl sites for hydroxylation is 1. The number of likely N-dealkylation sites (N-methyl/N-ethyl adjacent to an activating group) is 1. The van der Waals surface area contributed by atoms with Crippen molar-refractivity contribution in [1.82, 2.24) is 10.2 Å². The first-order valence-corrected chi connectivity index (χ1v) is 7.73. The molecule has 2 unspecified atom stereocenters. The summed E-state index contributed by atoms with van der Waals surface area (Å²) in [4.78, 5) is 2.66. The average Bonchev–Trinajstić information content (AvgIpc) is 2.48. The number of nitrogens with zero attached hydrogens (tertiary/aromatic N) is 1. The Morgan fingerprint density at radius 2 is 1.89 bits per heavy atom. The minimum atomic E-state index is 0.579. The number of piperidine rings is 1. The maximum Gasteiger partial charge on any atom is 0.0250 e. The molecule has 0 spiro atoms. The van der Waals surface area contributed by atoms with Crippen molar-refractivity contribution in [2.75, 3.05) is 13.6 Å². The third-order valence-electron chi connectivity index (χ3n) is 4.51. The lowest BCUT2D eigenvalue weighted by Crippen LogP contribution is -2.49. The second kappa shape index (κ2) is 7.06. The molecule has 0 aliphatic carbocycles. The smallest absolute Gasteiger partial charge is 0.0250 e. The number of rotatable bonds is 5. The second-order valence-corrected chi connectivity index (χ2v) is 5.78. The third-order valence-corrected chi connectivity index (χ3v) is 4.51. The topological polar surface area (TPSA) is 15.3 Å². The van der Waals surface area contributed by atoms with E-state index in [0.717, 1.165) is 13.0 Å². The van der Waals surface area contributed by atoms with Crippen LogP contribution in [0.15, 0.2) is 24.3 Å². The zero-order valence-corrected chi connectivity index (χ0v) is 12.7. The Morgan fingerprint density at radius 3 is 2.53 bits per heavy atom. The van der Waals surface area contributed by atoms with Gasteiger partial charge >= 0.3 is 0 Å². The summed E-state index contributed by atoms with van der Waals surface area (Å²) >= 11 is 0. The molecule has 1 aromatic carbocycles. The van der Waals surface area contributed by atoms with Gasteiger partial charge in [-0.2, -0.15) is 0 Å². The van der Waals surface area contributed by atoms with Gasteiger partial charge in [-0.3, -0.25) is 4.90 Å². The summed E-state index contributed by atoms with van der Waals surface area (Å²) in [5.41, 5.74) is 2.88. The quantitative estimate of drug-likeness (QED) is 0.874. The van der Waals surface area contributed by atoms with Crippen LogP contribution in [0.4, 0.5) is 0 Å². The van der Waals surface area contributed by atoms with Crippen LogP contribution in [0.2, 0.25) is 0 Å². The van der Waals surface area contributed by atoms with E-state index < -0.39 is 0 Å². The van der Waals surface area contributed by atoms with E-state index in [-0.39, 0.29) is 0 Å². The number of benzene rings is 1. The minimum Gasteiger partial charge on any atom is -0.316 e. The molecule has 2 heteroatoms. The summed E-state index contributed by atoms with van der Waals surface area (Å²) in [6.45, 7) is 6.86. The van der Waals surface area contributed by atoms with Crippen molar-refractivity contribution >= 4 is 0 Å². The lowest BCUT2D eigenvalue weighted by Gasteiger charge is -2.39. The molecular weight excluding hydrogens is 232 g/mol. The maximum absolute atomic E-state index is 3.43. The van der Waals surface area contributed by atoms with Crippen LogP contribution in [-0.2, 0) is 13.0 Å². The Kier molecular flexibility index (Phi) is 5.41. The average molecular weight is 260 g/mol. The Hall–Kier alpha value is -0.860. The Balaban J connectivity index is 2.01. The van der Waals surface area contributed by atoms with E-state index in [0.29, 0.717) is 12.1 Å². The largest absolute Gasteiger partial charge is 0.316 e. The van der Waals surface area contributed by atoms with Gasteiger partial charge in [0.05, 0.1) is 0 Å². The number of hydrogen-bond acceptors (Lipinski definition) is 2. The number of nitrogens with one attached hydrogen (secondary N) is 1. The molecule has 0 aromatic heterocycles. The predicted molar refractivity (Wildman–Crippen MR) is 82.4 cm³/mol. The van der Waals surface area contributed by atoms with Crippen molar-refractivity contribution in [3.8, 4) is 0 Å². The van der Waals surface area contributed by atoms with E-state index in [4.69, 9.17) is 0 Å². The lowest BCUT2D eigenvalue weighted by molar-refractivity contribution is 0.114. The first kappa shape index (κ1) is 14.5. The summed E-state index contributed by atoms with van der Waals surface area (Å²) in [7, 11) is 2.08. The summed E-state index contributed by atoms with van der Waals surface area (Å²) in [6, 6.07) is 10.4. The fraction of sp³-hybridized carbons (Fsp3) is 0.647. The molecule has 2 nitrogen and oxygen atoms in total. The minimum absolute atomic E-state index is 0.579. The predicted octanol–water partition coefficient (Wildman–Crippen LogP) is 3.21. The molecule has 1 aliphatic rings. The van der Waals surface area contributed by atoms with Crippen LogP contribution in [0.5, 0.6) is 0 Å². The van der Waals surface area contributed by atoms with Crippen LogP contribution < -0.4 is 5.32 Å². The van der Waals surface area contributed by atoms with E-state index >= 15 is 0 Å². The SMILES string of the molecule is CCc1ccc(CN2CCCCC2C(C)NC)cc1. The molecular formula is C17H28N2. The third kappa shape index (κ3) is 3.80. The van der Waals surface area contributed by atoms with E-state index in [1.807, 2.05) is 0 Å². The van der Waals surface area contributed by atoms with Crippen LogP contribution in [0.3, 0.4) is 0 Å². The van der Waals surface area contributed by atoms with Gasteiger partial charge in [0.2, 0.25) is 0 Å². The van der Waals surface area contributed by atoms with E-state index in [1.165, 1.54) is 36.9 Å². The summed E-state index contributed by atoms with van der Waals surface area (Å²) in [6.07, 6.45) is 5.18. The molecule has 0 amide bonds. The van der Waals surface area contributed by atoms with E-state index in [2.05, 4.69) is 55.4 Å². The normalized spacial score (nSPS) is 22.4. The van der Waals surface area contributed by atoms with Crippen LogP contribution in [0, 0.1) is 0 Å². The van der Waals surface area contributed by atoms with Gasteiger partial charge in [-0.1, -0.05) is 37.6 Å². The summed E-state index contributed by atoms with van der Waals surface area (Å²) in [5.74, 6) is 0. The fourth-order valence-corrected chi connectivity index (χ4v) is 3.09. The first-order valence-electron chi connectivity index (χ1n) is 7.73. The van der Waals surface area contributed by atoms with E-state index in [9.17, 15) is 0 Å². The number of hydrogen-bond donors (Lipinski definition) is 1. The van der Waals surface area contributed by atoms with E-state index in [1.54, 1.807) is 0 Å². The van der Waals surface area contributed by atoms with Gasteiger partial charge in [0, 0.05) is 18.6 Å². The Morgan fingerprint density at radius 1 is 1.21 bits per heavy atom.